The summed E-state index contributed by atoms with van der Waals surface area (Å²) < 4.78 is 0. The third-order valence-electron chi connectivity index (χ3n) is 3.22. The monoisotopic (exact) mass is 261 g/mol. The van der Waals surface area contributed by atoms with Crippen LogP contribution >= 0.6 is 0 Å². The van der Waals surface area contributed by atoms with Crippen molar-refractivity contribution in [1.82, 2.24) is 4.90 Å². The van der Waals surface area contributed by atoms with Crippen LogP contribution in [0.5, 0.6) is 0 Å². The van der Waals surface area contributed by atoms with E-state index in [-0.39, 0.29) is 18.4 Å². The van der Waals surface area contributed by atoms with E-state index in [1.54, 1.807) is 24.3 Å². The Morgan fingerprint density at radius 2 is 1.95 bits per heavy atom. The first-order chi connectivity index (χ1) is 9.20. The lowest BCUT2D eigenvalue weighted by Crippen LogP contribution is -2.35. The van der Waals surface area contributed by atoms with Crippen LogP contribution < -0.4 is 11.1 Å². The van der Waals surface area contributed by atoms with E-state index in [9.17, 15) is 9.59 Å². The Balaban J connectivity index is 2.09. The predicted octanol–water partition coefficient (Wildman–Crippen LogP) is 1.21. The zero-order valence-electron chi connectivity index (χ0n) is 10.9. The lowest BCUT2D eigenvalue weighted by molar-refractivity contribution is -0.114. The summed E-state index contributed by atoms with van der Waals surface area (Å²) in [6.45, 7) is 1.57. The second kappa shape index (κ2) is 6.33. The zero-order chi connectivity index (χ0) is 13.7. The summed E-state index contributed by atoms with van der Waals surface area (Å²) in [5.41, 5.74) is 6.47. The Morgan fingerprint density at radius 1 is 1.21 bits per heavy atom. The highest BCUT2D eigenvalue weighted by Crippen LogP contribution is 2.16. The molecule has 1 aliphatic rings. The quantitative estimate of drug-likeness (QED) is 0.858. The average molecular weight is 261 g/mol. The molecule has 0 bridgehead atoms. The van der Waals surface area contributed by atoms with E-state index >= 15 is 0 Å². The maximum absolute atomic E-state index is 12.3. The summed E-state index contributed by atoms with van der Waals surface area (Å²) in [6, 6.07) is 6.99. The maximum Gasteiger partial charge on any atom is 0.253 e. The zero-order valence-corrected chi connectivity index (χ0v) is 10.9. The van der Waals surface area contributed by atoms with Crippen molar-refractivity contribution >= 4 is 17.5 Å². The summed E-state index contributed by atoms with van der Waals surface area (Å²) in [5, 5.41) is 2.66. The maximum atomic E-state index is 12.3. The summed E-state index contributed by atoms with van der Waals surface area (Å²) in [4.78, 5) is 25.4. The highest BCUT2D eigenvalue weighted by Gasteiger charge is 2.18. The van der Waals surface area contributed by atoms with Crippen molar-refractivity contribution < 1.29 is 9.59 Å². The van der Waals surface area contributed by atoms with Gasteiger partial charge in [-0.2, -0.15) is 0 Å². The number of likely N-dealkylation sites (tertiary alicyclic amines) is 1. The van der Waals surface area contributed by atoms with Crippen LogP contribution in [0, 0.1) is 0 Å². The molecule has 3 N–H and O–H groups in total. The van der Waals surface area contributed by atoms with Gasteiger partial charge in [0, 0.05) is 24.3 Å². The molecule has 1 heterocycles. The number of nitrogens with one attached hydrogen (secondary N) is 1. The Labute approximate surface area is 112 Å². The van der Waals surface area contributed by atoms with Gasteiger partial charge in [-0.25, -0.2) is 0 Å². The van der Waals surface area contributed by atoms with Crippen molar-refractivity contribution in [1.29, 1.82) is 0 Å². The predicted molar refractivity (Wildman–Crippen MR) is 73.9 cm³/mol. The third-order valence-corrected chi connectivity index (χ3v) is 3.22. The van der Waals surface area contributed by atoms with Gasteiger partial charge in [-0.1, -0.05) is 6.07 Å². The van der Waals surface area contributed by atoms with E-state index in [1.165, 1.54) is 6.42 Å². The minimum absolute atomic E-state index is 0.0311. The largest absolute Gasteiger partial charge is 0.339 e. The highest BCUT2D eigenvalue weighted by molar-refractivity contribution is 5.97. The van der Waals surface area contributed by atoms with Gasteiger partial charge in [-0.05, 0) is 37.5 Å². The molecule has 0 unspecified atom stereocenters. The number of piperidine rings is 1. The van der Waals surface area contributed by atoms with E-state index in [1.807, 2.05) is 4.90 Å². The number of anilines is 1. The molecule has 1 aliphatic heterocycles. The molecule has 1 fully saturated rings. The number of nitrogens with zero attached hydrogens (tertiary/aromatic N) is 1. The molecular formula is C14H19N3O2. The van der Waals surface area contributed by atoms with Gasteiger partial charge in [-0.15, -0.1) is 0 Å². The molecule has 2 amide bonds. The summed E-state index contributed by atoms with van der Waals surface area (Å²) in [7, 11) is 0. The van der Waals surface area contributed by atoms with Gasteiger partial charge in [0.05, 0.1) is 6.54 Å². The number of hydrogen-bond donors (Lipinski definition) is 2. The Bertz CT molecular complexity index is 468. The van der Waals surface area contributed by atoms with E-state index in [0.717, 1.165) is 25.9 Å². The second-order valence-electron chi connectivity index (χ2n) is 4.69. The van der Waals surface area contributed by atoms with Crippen LogP contribution in [0.1, 0.15) is 29.6 Å². The van der Waals surface area contributed by atoms with Crippen molar-refractivity contribution in [2.24, 2.45) is 5.73 Å². The lowest BCUT2D eigenvalue weighted by atomic mass is 10.1. The number of hydrogen-bond acceptors (Lipinski definition) is 3. The van der Waals surface area contributed by atoms with Crippen LogP contribution in [0.25, 0.3) is 0 Å². The Kier molecular flexibility index (Phi) is 4.52. The van der Waals surface area contributed by atoms with Gasteiger partial charge in [0.1, 0.15) is 0 Å². The van der Waals surface area contributed by atoms with Crippen LogP contribution in [-0.2, 0) is 4.79 Å². The summed E-state index contributed by atoms with van der Waals surface area (Å²) in [5.74, 6) is -0.230. The number of amides is 2. The molecule has 0 atom stereocenters. The fourth-order valence-corrected chi connectivity index (χ4v) is 2.22. The molecule has 0 radical (unpaired) electrons. The molecule has 0 spiro atoms. The standard InChI is InChI=1S/C14H19N3O2/c15-10-13(18)16-12-6-4-5-11(9-12)14(19)17-7-2-1-3-8-17/h4-6,9H,1-3,7-8,10,15H2,(H,16,18). The fourth-order valence-electron chi connectivity index (χ4n) is 2.22. The van der Waals surface area contributed by atoms with Gasteiger partial charge in [-0.3, -0.25) is 9.59 Å². The first-order valence-electron chi connectivity index (χ1n) is 6.60. The van der Waals surface area contributed by atoms with Gasteiger partial charge >= 0.3 is 0 Å². The van der Waals surface area contributed by atoms with Crippen molar-refractivity contribution in [3.8, 4) is 0 Å². The van der Waals surface area contributed by atoms with Gasteiger partial charge < -0.3 is 16.0 Å². The van der Waals surface area contributed by atoms with Gasteiger partial charge in [0.25, 0.3) is 5.91 Å². The second-order valence-corrected chi connectivity index (χ2v) is 4.69. The van der Waals surface area contributed by atoms with Crippen molar-refractivity contribution in [3.05, 3.63) is 29.8 Å². The van der Waals surface area contributed by atoms with Gasteiger partial charge in [0.15, 0.2) is 0 Å². The van der Waals surface area contributed by atoms with Crippen LogP contribution in [-0.4, -0.2) is 36.3 Å². The Hall–Kier alpha value is -1.88. The topological polar surface area (TPSA) is 75.4 Å². The molecule has 1 aromatic rings. The molecule has 2 rings (SSSR count). The first kappa shape index (κ1) is 13.5. The number of nitrogens with two attached hydrogens (primary N) is 1. The molecule has 5 nitrogen and oxygen atoms in total. The minimum atomic E-state index is -0.262. The van der Waals surface area contributed by atoms with Gasteiger partial charge in [0.2, 0.25) is 5.91 Å². The lowest BCUT2D eigenvalue weighted by Gasteiger charge is -2.26. The average Bonchev–Trinajstić information content (AvgIpc) is 2.47. The number of rotatable bonds is 3. The molecule has 0 aliphatic carbocycles. The Morgan fingerprint density at radius 3 is 2.63 bits per heavy atom. The van der Waals surface area contributed by atoms with Crippen LogP contribution in [0.15, 0.2) is 24.3 Å². The summed E-state index contributed by atoms with van der Waals surface area (Å²) >= 11 is 0. The van der Waals surface area contributed by atoms with Crippen molar-refractivity contribution in [2.45, 2.75) is 19.3 Å². The smallest absolute Gasteiger partial charge is 0.253 e. The van der Waals surface area contributed by atoms with Crippen LogP contribution in [0.4, 0.5) is 5.69 Å². The summed E-state index contributed by atoms with van der Waals surface area (Å²) in [6.07, 6.45) is 3.32. The number of carbonyl (C=O) groups is 2. The van der Waals surface area contributed by atoms with E-state index in [0.29, 0.717) is 11.3 Å². The van der Waals surface area contributed by atoms with Crippen LogP contribution in [0.2, 0.25) is 0 Å². The molecular weight excluding hydrogens is 242 g/mol. The third kappa shape index (κ3) is 3.54. The highest BCUT2D eigenvalue weighted by atomic mass is 16.2. The van der Waals surface area contributed by atoms with E-state index in [2.05, 4.69) is 5.32 Å². The molecule has 102 valence electrons. The fraction of sp³-hybridized carbons (Fsp3) is 0.429. The first-order valence-corrected chi connectivity index (χ1v) is 6.60. The SMILES string of the molecule is NCC(=O)Nc1cccc(C(=O)N2CCCCC2)c1. The molecule has 19 heavy (non-hydrogen) atoms. The molecule has 5 heteroatoms. The van der Waals surface area contributed by atoms with E-state index < -0.39 is 0 Å². The van der Waals surface area contributed by atoms with Crippen molar-refractivity contribution in [2.75, 3.05) is 25.0 Å². The molecule has 1 aromatic carbocycles. The number of carbonyl (C=O) groups excluding carboxylic acids is 2. The number of benzene rings is 1. The molecule has 0 saturated carbocycles. The molecule has 1 saturated heterocycles. The van der Waals surface area contributed by atoms with Crippen LogP contribution in [0.3, 0.4) is 0 Å². The normalized spacial score (nSPS) is 15.1. The molecule has 0 aromatic heterocycles. The van der Waals surface area contributed by atoms with E-state index in [4.69, 9.17) is 5.73 Å². The van der Waals surface area contributed by atoms with Crippen molar-refractivity contribution in [3.63, 3.8) is 0 Å². The minimum Gasteiger partial charge on any atom is -0.339 e.